The molecule has 7 nitrogen and oxygen atoms in total. The number of amides is 1. The van der Waals surface area contributed by atoms with E-state index in [1.54, 1.807) is 14.2 Å². The Morgan fingerprint density at radius 3 is 2.72 bits per heavy atom. The van der Waals surface area contributed by atoms with Crippen molar-refractivity contribution in [1.29, 1.82) is 0 Å². The molecular weight excluding hydrogens is 322 g/mol. The van der Waals surface area contributed by atoms with Crippen LogP contribution < -0.4 is 14.8 Å². The summed E-state index contributed by atoms with van der Waals surface area (Å²) in [7, 11) is 4.61. The topological polar surface area (TPSA) is 72.4 Å². The molecule has 1 unspecified atom stereocenters. The number of hydrogen-bond acceptors (Lipinski definition) is 6. The van der Waals surface area contributed by atoms with E-state index in [1.807, 2.05) is 18.2 Å². The minimum absolute atomic E-state index is 0.00451. The Morgan fingerprint density at radius 1 is 1.28 bits per heavy atom. The molecule has 2 rings (SSSR count). The summed E-state index contributed by atoms with van der Waals surface area (Å²) in [5.41, 5.74) is 1.02. The van der Waals surface area contributed by atoms with Crippen molar-refractivity contribution in [3.8, 4) is 11.5 Å². The van der Waals surface area contributed by atoms with Crippen LogP contribution in [-0.2, 0) is 4.74 Å². The molecule has 138 valence electrons. The molecule has 1 amide bonds. The Balaban J connectivity index is 2.24. The minimum atomic E-state index is -0.512. The molecular formula is C18H27N3O4. The van der Waals surface area contributed by atoms with Crippen molar-refractivity contribution in [2.24, 2.45) is 4.99 Å². The molecule has 1 aromatic carbocycles. The molecule has 0 saturated carbocycles. The second-order valence-electron chi connectivity index (χ2n) is 5.81. The Bertz CT molecular complexity index is 618. The average Bonchev–Trinajstić information content (AvgIpc) is 3.03. The fourth-order valence-electron chi connectivity index (χ4n) is 2.92. The second-order valence-corrected chi connectivity index (χ2v) is 5.81. The molecule has 1 aliphatic rings. The maximum Gasteiger partial charge on any atom is 0.413 e. The molecule has 1 N–H and O–H groups in total. The van der Waals surface area contributed by atoms with Gasteiger partial charge in [-0.05, 0) is 18.6 Å². The summed E-state index contributed by atoms with van der Waals surface area (Å²) in [4.78, 5) is 18.2. The third-order valence-electron chi connectivity index (χ3n) is 4.26. The van der Waals surface area contributed by atoms with Gasteiger partial charge in [0.2, 0.25) is 5.96 Å². The number of aliphatic imine (C=N–C) groups is 1. The van der Waals surface area contributed by atoms with E-state index >= 15 is 0 Å². The number of nitrogens with one attached hydrogen (secondary N) is 1. The second kappa shape index (κ2) is 9.15. The first-order valence-electron chi connectivity index (χ1n) is 8.52. The quantitative estimate of drug-likeness (QED) is 0.766. The normalized spacial score (nSPS) is 16.4. The molecule has 0 bridgehead atoms. The first kappa shape index (κ1) is 18.9. The van der Waals surface area contributed by atoms with Gasteiger partial charge in [-0.2, -0.15) is 0 Å². The molecule has 1 heterocycles. The van der Waals surface area contributed by atoms with Gasteiger partial charge in [-0.15, -0.1) is 0 Å². The van der Waals surface area contributed by atoms with E-state index in [2.05, 4.69) is 22.1 Å². The summed E-state index contributed by atoms with van der Waals surface area (Å²) in [6.07, 6.45) is 2.75. The number of unbranched alkanes of at least 4 members (excludes halogenated alkanes) is 2. The Labute approximate surface area is 149 Å². The molecule has 0 aromatic heterocycles. The van der Waals surface area contributed by atoms with Crippen molar-refractivity contribution in [3.63, 3.8) is 0 Å². The van der Waals surface area contributed by atoms with Gasteiger partial charge in [0.25, 0.3) is 0 Å². The highest BCUT2D eigenvalue weighted by Crippen LogP contribution is 2.35. The lowest BCUT2D eigenvalue weighted by molar-refractivity contribution is 0.175. The van der Waals surface area contributed by atoms with Crippen molar-refractivity contribution >= 4 is 12.1 Å². The fraction of sp³-hybridized carbons (Fsp3) is 0.556. The Kier molecular flexibility index (Phi) is 6.91. The van der Waals surface area contributed by atoms with Crippen molar-refractivity contribution < 1.29 is 19.0 Å². The van der Waals surface area contributed by atoms with Gasteiger partial charge in [0, 0.05) is 18.2 Å². The first-order chi connectivity index (χ1) is 12.1. The SMILES string of the molecule is CCCCCN1C(NC(=O)OC)=NCC1c1ccc(OC)cc1OC. The lowest BCUT2D eigenvalue weighted by atomic mass is 10.0. The van der Waals surface area contributed by atoms with Crippen LogP contribution >= 0.6 is 0 Å². The van der Waals surface area contributed by atoms with Crippen molar-refractivity contribution in [2.75, 3.05) is 34.4 Å². The smallest absolute Gasteiger partial charge is 0.413 e. The molecule has 0 radical (unpaired) electrons. The minimum Gasteiger partial charge on any atom is -0.497 e. The molecule has 0 fully saturated rings. The number of methoxy groups -OCH3 is 3. The van der Waals surface area contributed by atoms with Gasteiger partial charge in [0.05, 0.1) is 33.9 Å². The van der Waals surface area contributed by atoms with Crippen LogP contribution in [0.25, 0.3) is 0 Å². The van der Waals surface area contributed by atoms with Gasteiger partial charge in [-0.1, -0.05) is 19.8 Å². The number of hydrogen-bond donors (Lipinski definition) is 1. The van der Waals surface area contributed by atoms with E-state index in [0.29, 0.717) is 12.5 Å². The number of nitrogens with zero attached hydrogens (tertiary/aromatic N) is 2. The van der Waals surface area contributed by atoms with Crippen LogP contribution in [0.3, 0.4) is 0 Å². The molecule has 1 aliphatic heterocycles. The number of carbonyl (C=O) groups is 1. The zero-order chi connectivity index (χ0) is 18.2. The molecule has 25 heavy (non-hydrogen) atoms. The fourth-order valence-corrected chi connectivity index (χ4v) is 2.92. The molecule has 7 heteroatoms. The summed E-state index contributed by atoms with van der Waals surface area (Å²) in [5, 5.41) is 2.71. The lowest BCUT2D eigenvalue weighted by Gasteiger charge is -2.29. The van der Waals surface area contributed by atoms with Gasteiger partial charge in [0.1, 0.15) is 11.5 Å². The van der Waals surface area contributed by atoms with Crippen LogP contribution in [0.1, 0.15) is 37.8 Å². The first-order valence-corrected chi connectivity index (χ1v) is 8.52. The standard InChI is InChI=1S/C18H27N3O4/c1-5-6-7-10-21-15(12-19-17(21)20-18(22)25-4)14-9-8-13(23-2)11-16(14)24-3/h8-9,11,15H,5-7,10,12H2,1-4H3,(H,19,20,22). The molecule has 1 atom stereocenters. The number of alkyl carbamates (subject to hydrolysis) is 1. The van der Waals surface area contributed by atoms with Gasteiger partial charge in [0.15, 0.2) is 0 Å². The summed E-state index contributed by atoms with van der Waals surface area (Å²) in [6, 6.07) is 5.77. The summed E-state index contributed by atoms with van der Waals surface area (Å²) in [6.45, 7) is 3.51. The van der Waals surface area contributed by atoms with Gasteiger partial charge in [-0.25, -0.2) is 4.79 Å². The van der Waals surface area contributed by atoms with Crippen LogP contribution in [0, 0.1) is 0 Å². The van der Waals surface area contributed by atoms with Gasteiger partial charge < -0.3 is 19.1 Å². The average molecular weight is 349 g/mol. The maximum atomic E-state index is 11.6. The molecule has 0 spiro atoms. The van der Waals surface area contributed by atoms with Gasteiger partial charge >= 0.3 is 6.09 Å². The molecule has 0 aliphatic carbocycles. The van der Waals surface area contributed by atoms with E-state index in [9.17, 15) is 4.79 Å². The predicted octanol–water partition coefficient (Wildman–Crippen LogP) is 2.96. The molecule has 1 aromatic rings. The van der Waals surface area contributed by atoms with Crippen molar-refractivity contribution in [1.82, 2.24) is 10.2 Å². The van der Waals surface area contributed by atoms with Crippen LogP contribution in [0.5, 0.6) is 11.5 Å². The third-order valence-corrected chi connectivity index (χ3v) is 4.26. The number of carbonyl (C=O) groups excluding carboxylic acids is 1. The molecule has 0 saturated heterocycles. The van der Waals surface area contributed by atoms with Crippen molar-refractivity contribution in [2.45, 2.75) is 32.2 Å². The largest absolute Gasteiger partial charge is 0.497 e. The highest BCUT2D eigenvalue weighted by molar-refractivity contribution is 5.95. The summed E-state index contributed by atoms with van der Waals surface area (Å²) < 4.78 is 15.5. The Morgan fingerprint density at radius 2 is 2.08 bits per heavy atom. The number of ether oxygens (including phenoxy) is 3. The van der Waals surface area contributed by atoms with Crippen LogP contribution in [0.15, 0.2) is 23.2 Å². The van der Waals surface area contributed by atoms with E-state index in [0.717, 1.165) is 42.9 Å². The predicted molar refractivity (Wildman–Crippen MR) is 96.4 cm³/mol. The van der Waals surface area contributed by atoms with Crippen molar-refractivity contribution in [3.05, 3.63) is 23.8 Å². The number of benzene rings is 1. The zero-order valence-corrected chi connectivity index (χ0v) is 15.4. The maximum absolute atomic E-state index is 11.6. The summed E-state index contributed by atoms with van der Waals surface area (Å²) in [5.74, 6) is 2.04. The van der Waals surface area contributed by atoms with Crippen LogP contribution in [-0.4, -0.2) is 51.4 Å². The van der Waals surface area contributed by atoms with E-state index in [4.69, 9.17) is 14.2 Å². The highest BCUT2D eigenvalue weighted by Gasteiger charge is 2.32. The van der Waals surface area contributed by atoms with E-state index in [-0.39, 0.29) is 6.04 Å². The van der Waals surface area contributed by atoms with E-state index < -0.39 is 6.09 Å². The Hall–Kier alpha value is -2.44. The monoisotopic (exact) mass is 349 g/mol. The highest BCUT2D eigenvalue weighted by atomic mass is 16.5. The van der Waals surface area contributed by atoms with E-state index in [1.165, 1.54) is 7.11 Å². The lowest BCUT2D eigenvalue weighted by Crippen LogP contribution is -2.43. The third kappa shape index (κ3) is 4.55. The van der Waals surface area contributed by atoms with Gasteiger partial charge in [-0.3, -0.25) is 10.3 Å². The zero-order valence-electron chi connectivity index (χ0n) is 15.4. The number of guanidine groups is 1. The number of rotatable bonds is 7. The van der Waals surface area contributed by atoms with Crippen LogP contribution in [0.2, 0.25) is 0 Å². The summed E-state index contributed by atoms with van der Waals surface area (Å²) >= 11 is 0. The van der Waals surface area contributed by atoms with Crippen LogP contribution in [0.4, 0.5) is 4.79 Å².